The van der Waals surface area contributed by atoms with E-state index >= 15 is 0 Å². The highest BCUT2D eigenvalue weighted by Gasteiger charge is 2.21. The van der Waals surface area contributed by atoms with Crippen molar-refractivity contribution in [2.45, 2.75) is 25.1 Å². The quantitative estimate of drug-likeness (QED) is 0.451. The van der Waals surface area contributed by atoms with Crippen molar-refractivity contribution >= 4 is 10.0 Å². The third-order valence-corrected chi connectivity index (χ3v) is 7.42. The largest absolute Gasteiger partial charge is 0.493 e. The van der Waals surface area contributed by atoms with Gasteiger partial charge < -0.3 is 9.47 Å². The monoisotopic (exact) mass is 480 g/mol. The number of para-hydroxylation sites is 2. The van der Waals surface area contributed by atoms with Crippen LogP contribution in [0.4, 0.5) is 0 Å². The van der Waals surface area contributed by atoms with Crippen LogP contribution in [0.5, 0.6) is 17.2 Å². The molecule has 4 rings (SSSR count). The van der Waals surface area contributed by atoms with E-state index in [9.17, 15) is 8.42 Å². The predicted molar refractivity (Wildman–Crippen MR) is 135 cm³/mol. The molecule has 34 heavy (non-hydrogen) atoms. The Bertz CT molecular complexity index is 1160. The number of sulfonamides is 1. The molecule has 1 fully saturated rings. The van der Waals surface area contributed by atoms with Crippen molar-refractivity contribution in [2.24, 2.45) is 5.92 Å². The van der Waals surface area contributed by atoms with Crippen LogP contribution in [0, 0.1) is 5.92 Å². The van der Waals surface area contributed by atoms with Crippen molar-refractivity contribution in [2.75, 3.05) is 26.7 Å². The van der Waals surface area contributed by atoms with Gasteiger partial charge in [0.15, 0.2) is 11.5 Å². The van der Waals surface area contributed by atoms with Gasteiger partial charge in [0.05, 0.1) is 12.9 Å². The summed E-state index contributed by atoms with van der Waals surface area (Å²) in [4.78, 5) is 2.41. The molecular weight excluding hydrogens is 448 g/mol. The Balaban J connectivity index is 1.24. The fourth-order valence-electron chi connectivity index (χ4n) is 4.23. The van der Waals surface area contributed by atoms with Crippen LogP contribution in [-0.4, -0.2) is 40.1 Å². The minimum atomic E-state index is -3.32. The molecule has 0 spiro atoms. The molecule has 1 heterocycles. The number of rotatable bonds is 10. The van der Waals surface area contributed by atoms with E-state index in [1.807, 2.05) is 66.7 Å². The average Bonchev–Trinajstić information content (AvgIpc) is 2.85. The molecule has 0 aromatic heterocycles. The van der Waals surface area contributed by atoms with E-state index in [1.165, 1.54) is 5.56 Å². The highest BCUT2D eigenvalue weighted by molar-refractivity contribution is 7.88. The summed E-state index contributed by atoms with van der Waals surface area (Å²) in [7, 11) is -1.68. The summed E-state index contributed by atoms with van der Waals surface area (Å²) in [6, 6.07) is 25.0. The summed E-state index contributed by atoms with van der Waals surface area (Å²) in [5, 5.41) is 0. The fraction of sp³-hybridized carbons (Fsp3) is 0.333. The lowest BCUT2D eigenvalue weighted by Crippen LogP contribution is -2.38. The second-order valence-electron chi connectivity index (χ2n) is 8.71. The Labute approximate surface area is 202 Å². The van der Waals surface area contributed by atoms with Crippen LogP contribution in [0.25, 0.3) is 0 Å². The molecule has 3 aromatic carbocycles. The summed E-state index contributed by atoms with van der Waals surface area (Å²) >= 11 is 0. The molecule has 3 aromatic rings. The third-order valence-electron chi connectivity index (χ3n) is 6.10. The number of hydrogen-bond donors (Lipinski definition) is 1. The maximum Gasteiger partial charge on any atom is 0.215 e. The van der Waals surface area contributed by atoms with E-state index in [-0.39, 0.29) is 5.75 Å². The zero-order valence-corrected chi connectivity index (χ0v) is 20.3. The second-order valence-corrected chi connectivity index (χ2v) is 10.5. The van der Waals surface area contributed by atoms with Gasteiger partial charge in [-0.2, -0.15) is 0 Å². The number of hydrogen-bond acceptors (Lipinski definition) is 5. The van der Waals surface area contributed by atoms with Crippen molar-refractivity contribution < 1.29 is 17.9 Å². The van der Waals surface area contributed by atoms with Crippen LogP contribution in [0.15, 0.2) is 78.9 Å². The Morgan fingerprint density at radius 3 is 2.29 bits per heavy atom. The maximum absolute atomic E-state index is 12.4. The van der Waals surface area contributed by atoms with Crippen molar-refractivity contribution in [3.63, 3.8) is 0 Å². The molecule has 0 bridgehead atoms. The summed E-state index contributed by atoms with van der Waals surface area (Å²) < 4.78 is 39.0. The van der Waals surface area contributed by atoms with Gasteiger partial charge in [-0.15, -0.1) is 0 Å². The van der Waals surface area contributed by atoms with Gasteiger partial charge in [-0.3, -0.25) is 4.90 Å². The molecule has 1 N–H and O–H groups in total. The first-order valence-electron chi connectivity index (χ1n) is 11.6. The molecule has 7 heteroatoms. The lowest BCUT2D eigenvalue weighted by atomic mass is 9.97. The number of nitrogens with one attached hydrogen (secondary N) is 1. The topological polar surface area (TPSA) is 67.9 Å². The van der Waals surface area contributed by atoms with Crippen molar-refractivity contribution in [1.82, 2.24) is 9.62 Å². The molecule has 0 aliphatic carbocycles. The summed E-state index contributed by atoms with van der Waals surface area (Å²) in [6.07, 6.45) is 1.95. The third kappa shape index (κ3) is 7.06. The molecule has 1 aliphatic heterocycles. The van der Waals surface area contributed by atoms with E-state index in [4.69, 9.17) is 9.47 Å². The molecule has 1 saturated heterocycles. The molecule has 0 atom stereocenters. The van der Waals surface area contributed by atoms with Crippen molar-refractivity contribution in [3.05, 3.63) is 90.0 Å². The summed E-state index contributed by atoms with van der Waals surface area (Å²) in [5.41, 5.74) is 2.00. The second kappa shape index (κ2) is 11.5. The fourth-order valence-corrected chi connectivity index (χ4v) is 5.46. The van der Waals surface area contributed by atoms with Crippen LogP contribution in [-0.2, 0) is 22.3 Å². The Morgan fingerprint density at radius 2 is 1.56 bits per heavy atom. The Hall–Kier alpha value is -2.87. The molecule has 0 radical (unpaired) electrons. The van der Waals surface area contributed by atoms with Crippen LogP contribution >= 0.6 is 0 Å². The van der Waals surface area contributed by atoms with Gasteiger partial charge in [-0.1, -0.05) is 54.6 Å². The normalized spacial score (nSPS) is 15.2. The number of nitrogens with zero attached hydrogens (tertiary/aromatic N) is 1. The lowest BCUT2D eigenvalue weighted by Gasteiger charge is -2.32. The molecule has 6 nitrogen and oxygen atoms in total. The minimum Gasteiger partial charge on any atom is -0.493 e. The van der Waals surface area contributed by atoms with E-state index in [1.54, 1.807) is 7.11 Å². The molecule has 0 saturated carbocycles. The van der Waals surface area contributed by atoms with Crippen LogP contribution in [0.2, 0.25) is 0 Å². The van der Waals surface area contributed by atoms with Crippen LogP contribution in [0.3, 0.4) is 0 Å². The summed E-state index contributed by atoms with van der Waals surface area (Å²) in [5.74, 6) is 2.57. The molecular formula is C27H32N2O4S. The van der Waals surface area contributed by atoms with Gasteiger partial charge in [-0.05, 0) is 67.2 Å². The number of benzene rings is 3. The predicted octanol–water partition coefficient (Wildman–Crippen LogP) is 4.82. The standard InChI is InChI=1S/C27H32N2O4S/c1-32-26-12-5-6-13-27(26)33-25-11-7-10-24(18-25)20-29-16-14-22(15-17-29)19-28-34(30,31)21-23-8-3-2-4-9-23/h2-13,18,22,28H,14-17,19-21H2,1H3. The molecule has 0 amide bonds. The zero-order valence-electron chi connectivity index (χ0n) is 19.5. The first kappa shape index (κ1) is 24.3. The number of ether oxygens (including phenoxy) is 2. The summed E-state index contributed by atoms with van der Waals surface area (Å²) in [6.45, 7) is 3.24. The van der Waals surface area contributed by atoms with Gasteiger partial charge in [0.1, 0.15) is 5.75 Å². The lowest BCUT2D eigenvalue weighted by molar-refractivity contribution is 0.178. The highest BCUT2D eigenvalue weighted by atomic mass is 32.2. The molecule has 180 valence electrons. The Morgan fingerprint density at radius 1 is 0.882 bits per heavy atom. The van der Waals surface area contributed by atoms with Crippen LogP contribution in [0.1, 0.15) is 24.0 Å². The van der Waals surface area contributed by atoms with Gasteiger partial charge in [0, 0.05) is 13.1 Å². The van der Waals surface area contributed by atoms with E-state index in [2.05, 4.69) is 21.8 Å². The van der Waals surface area contributed by atoms with E-state index < -0.39 is 10.0 Å². The molecule has 1 aliphatic rings. The molecule has 0 unspecified atom stereocenters. The number of piperidine rings is 1. The van der Waals surface area contributed by atoms with Gasteiger partial charge in [0.25, 0.3) is 0 Å². The Kier molecular flexibility index (Phi) is 8.21. The van der Waals surface area contributed by atoms with Gasteiger partial charge in [-0.25, -0.2) is 13.1 Å². The number of methoxy groups -OCH3 is 1. The highest BCUT2D eigenvalue weighted by Crippen LogP contribution is 2.31. The zero-order chi connectivity index (χ0) is 23.8. The number of likely N-dealkylation sites (tertiary alicyclic amines) is 1. The first-order chi connectivity index (χ1) is 16.5. The van der Waals surface area contributed by atoms with Gasteiger partial charge >= 0.3 is 0 Å². The smallest absolute Gasteiger partial charge is 0.215 e. The van der Waals surface area contributed by atoms with Crippen LogP contribution < -0.4 is 14.2 Å². The minimum absolute atomic E-state index is 0.0277. The average molecular weight is 481 g/mol. The maximum atomic E-state index is 12.4. The van der Waals surface area contributed by atoms with Gasteiger partial charge in [0.2, 0.25) is 10.0 Å². The van der Waals surface area contributed by atoms with Crippen molar-refractivity contribution in [3.8, 4) is 17.2 Å². The van der Waals surface area contributed by atoms with E-state index in [0.717, 1.165) is 43.8 Å². The van der Waals surface area contributed by atoms with Crippen molar-refractivity contribution in [1.29, 1.82) is 0 Å². The van der Waals surface area contributed by atoms with E-state index in [0.29, 0.717) is 24.0 Å². The SMILES string of the molecule is COc1ccccc1Oc1cccc(CN2CCC(CNS(=O)(=O)Cc3ccccc3)CC2)c1. The first-order valence-corrected chi connectivity index (χ1v) is 13.3.